The van der Waals surface area contributed by atoms with Crippen LogP contribution in [-0.4, -0.2) is 48.0 Å². The summed E-state index contributed by atoms with van der Waals surface area (Å²) >= 11 is 0. The summed E-state index contributed by atoms with van der Waals surface area (Å²) in [5.74, 6) is 2.94. The second kappa shape index (κ2) is 7.63. The minimum absolute atomic E-state index is 0.331. The zero-order valence-corrected chi connectivity index (χ0v) is 14.5. The molecule has 0 spiro atoms. The highest BCUT2D eigenvalue weighted by Gasteiger charge is 2.38. The smallest absolute Gasteiger partial charge is 0.0900 e. The number of likely N-dealkylation sites (tertiary alicyclic amines) is 1. The fraction of sp³-hybridized carbons (Fsp3) is 1.00. The molecule has 3 rings (SSSR count). The number of piperidine rings is 1. The van der Waals surface area contributed by atoms with Crippen LogP contribution in [-0.2, 0) is 4.74 Å². The Bertz CT molecular complexity index is 338. The molecule has 2 saturated carbocycles. The minimum Gasteiger partial charge on any atom is -0.389 e. The molecule has 1 N–H and O–H groups in total. The lowest BCUT2D eigenvalue weighted by Gasteiger charge is -2.40. The number of rotatable bonds is 7. The zero-order chi connectivity index (χ0) is 15.5. The van der Waals surface area contributed by atoms with E-state index in [2.05, 4.69) is 18.7 Å². The molecule has 0 aromatic heterocycles. The van der Waals surface area contributed by atoms with E-state index in [4.69, 9.17) is 4.74 Å². The first-order valence-electron chi connectivity index (χ1n) is 9.65. The summed E-state index contributed by atoms with van der Waals surface area (Å²) in [5.41, 5.74) is 0. The lowest BCUT2D eigenvalue weighted by Crippen LogP contribution is -2.48. The Hall–Kier alpha value is -0.120. The van der Waals surface area contributed by atoms with Gasteiger partial charge in [-0.3, -0.25) is 4.90 Å². The van der Waals surface area contributed by atoms with E-state index in [-0.39, 0.29) is 6.10 Å². The summed E-state index contributed by atoms with van der Waals surface area (Å²) in [4.78, 5) is 2.47. The largest absolute Gasteiger partial charge is 0.389 e. The molecule has 1 saturated heterocycles. The predicted molar refractivity (Wildman–Crippen MR) is 89.9 cm³/mol. The molecule has 2 bridgehead atoms. The van der Waals surface area contributed by atoms with Crippen molar-refractivity contribution in [2.45, 2.75) is 83.4 Å². The fourth-order valence-electron chi connectivity index (χ4n) is 5.31. The van der Waals surface area contributed by atoms with Gasteiger partial charge in [0.1, 0.15) is 0 Å². The highest BCUT2D eigenvalue weighted by atomic mass is 16.5. The first-order chi connectivity index (χ1) is 10.6. The van der Waals surface area contributed by atoms with Crippen LogP contribution in [0.1, 0.15) is 65.2 Å². The van der Waals surface area contributed by atoms with Gasteiger partial charge < -0.3 is 9.84 Å². The summed E-state index contributed by atoms with van der Waals surface area (Å²) in [6.07, 6.45) is 10.6. The highest BCUT2D eigenvalue weighted by molar-refractivity contribution is 4.89. The molecule has 1 heterocycles. The first kappa shape index (κ1) is 16.7. The summed E-state index contributed by atoms with van der Waals surface area (Å²) in [5, 5.41) is 10.3. The third-order valence-electron chi connectivity index (χ3n) is 6.63. The number of ether oxygens (including phenoxy) is 1. The lowest BCUT2D eigenvalue weighted by molar-refractivity contribution is -0.0123. The molecule has 0 amide bonds. The second-order valence-electron chi connectivity index (χ2n) is 8.28. The SMILES string of the molecule is C[C@@H]1CCC[C@H](C)N1C[C@@H](O)COCC[C@@H]1C[C@H]2CC[C@H]1C2. The summed E-state index contributed by atoms with van der Waals surface area (Å²) < 4.78 is 5.80. The predicted octanol–water partition coefficient (Wildman–Crippen LogP) is 3.45. The van der Waals surface area contributed by atoms with E-state index in [1.807, 2.05) is 0 Å². The average molecular weight is 309 g/mol. The van der Waals surface area contributed by atoms with Crippen LogP contribution in [0.5, 0.6) is 0 Å². The maximum absolute atomic E-state index is 10.3. The molecule has 1 aliphatic heterocycles. The van der Waals surface area contributed by atoms with Crippen molar-refractivity contribution in [3.8, 4) is 0 Å². The molecule has 22 heavy (non-hydrogen) atoms. The van der Waals surface area contributed by atoms with Gasteiger partial charge >= 0.3 is 0 Å². The van der Waals surface area contributed by atoms with Gasteiger partial charge in [-0.1, -0.05) is 12.8 Å². The molecular formula is C19H35NO2. The number of fused-ring (bicyclic) bond motifs is 2. The zero-order valence-electron chi connectivity index (χ0n) is 14.5. The number of aliphatic hydroxyl groups is 1. The normalized spacial score (nSPS) is 40.2. The van der Waals surface area contributed by atoms with Gasteiger partial charge in [0.15, 0.2) is 0 Å². The topological polar surface area (TPSA) is 32.7 Å². The molecule has 0 unspecified atom stereocenters. The van der Waals surface area contributed by atoms with Gasteiger partial charge in [0.2, 0.25) is 0 Å². The van der Waals surface area contributed by atoms with Crippen LogP contribution in [0.15, 0.2) is 0 Å². The molecular weight excluding hydrogens is 274 g/mol. The Morgan fingerprint density at radius 3 is 2.50 bits per heavy atom. The van der Waals surface area contributed by atoms with Crippen molar-refractivity contribution >= 4 is 0 Å². The monoisotopic (exact) mass is 309 g/mol. The first-order valence-corrected chi connectivity index (χ1v) is 9.65. The third kappa shape index (κ3) is 4.04. The van der Waals surface area contributed by atoms with Crippen LogP contribution in [0.25, 0.3) is 0 Å². The molecule has 0 aromatic rings. The standard InChI is InChI=1S/C19H35NO2/c1-14-4-3-5-15(2)20(14)12-19(21)13-22-9-8-18-11-16-6-7-17(18)10-16/h14-19,21H,3-13H2,1-2H3/t14-,15+,16-,17-,18+,19+/m0/s1. The van der Waals surface area contributed by atoms with Gasteiger partial charge in [0, 0.05) is 25.2 Å². The molecule has 2 aliphatic carbocycles. The molecule has 3 nitrogen and oxygen atoms in total. The lowest BCUT2D eigenvalue weighted by atomic mass is 9.87. The highest BCUT2D eigenvalue weighted by Crippen LogP contribution is 2.49. The van der Waals surface area contributed by atoms with E-state index in [1.54, 1.807) is 0 Å². The van der Waals surface area contributed by atoms with E-state index in [9.17, 15) is 5.11 Å². The Morgan fingerprint density at radius 2 is 1.86 bits per heavy atom. The van der Waals surface area contributed by atoms with Gasteiger partial charge in [-0.2, -0.15) is 0 Å². The number of nitrogens with zero attached hydrogens (tertiary/aromatic N) is 1. The maximum Gasteiger partial charge on any atom is 0.0900 e. The van der Waals surface area contributed by atoms with Crippen LogP contribution < -0.4 is 0 Å². The average Bonchev–Trinajstić information content (AvgIpc) is 3.10. The van der Waals surface area contributed by atoms with E-state index in [0.717, 1.165) is 30.9 Å². The van der Waals surface area contributed by atoms with Gasteiger partial charge in [-0.05, 0) is 70.1 Å². The number of aliphatic hydroxyl groups excluding tert-OH is 1. The number of hydrogen-bond acceptors (Lipinski definition) is 3. The second-order valence-corrected chi connectivity index (χ2v) is 8.28. The van der Waals surface area contributed by atoms with E-state index in [1.165, 1.54) is 51.4 Å². The minimum atomic E-state index is -0.331. The quantitative estimate of drug-likeness (QED) is 0.731. The summed E-state index contributed by atoms with van der Waals surface area (Å²) in [6.45, 7) is 6.71. The fourth-order valence-corrected chi connectivity index (χ4v) is 5.31. The number of hydrogen-bond donors (Lipinski definition) is 1. The van der Waals surface area contributed by atoms with Gasteiger partial charge in [0.25, 0.3) is 0 Å². The van der Waals surface area contributed by atoms with Crippen molar-refractivity contribution in [2.75, 3.05) is 19.8 Å². The van der Waals surface area contributed by atoms with Crippen molar-refractivity contribution < 1.29 is 9.84 Å². The summed E-state index contributed by atoms with van der Waals surface area (Å²) in [6, 6.07) is 1.21. The Morgan fingerprint density at radius 1 is 1.09 bits per heavy atom. The van der Waals surface area contributed by atoms with Crippen molar-refractivity contribution in [3.05, 3.63) is 0 Å². The van der Waals surface area contributed by atoms with Crippen molar-refractivity contribution in [3.63, 3.8) is 0 Å². The molecule has 3 fully saturated rings. The molecule has 0 aromatic carbocycles. The Kier molecular flexibility index (Phi) is 5.80. The Labute approximate surface area is 136 Å². The van der Waals surface area contributed by atoms with Crippen LogP contribution in [0.3, 0.4) is 0 Å². The molecule has 3 heteroatoms. The number of β-amino-alcohol motifs (C(OH)–C–C–N with tert-alkyl or cyclic N) is 1. The van der Waals surface area contributed by atoms with Crippen molar-refractivity contribution in [2.24, 2.45) is 17.8 Å². The molecule has 3 aliphatic rings. The van der Waals surface area contributed by atoms with Crippen molar-refractivity contribution in [1.29, 1.82) is 0 Å². The van der Waals surface area contributed by atoms with Crippen LogP contribution in [0.2, 0.25) is 0 Å². The maximum atomic E-state index is 10.3. The van der Waals surface area contributed by atoms with Crippen LogP contribution >= 0.6 is 0 Å². The van der Waals surface area contributed by atoms with Gasteiger partial charge in [-0.25, -0.2) is 0 Å². The van der Waals surface area contributed by atoms with Crippen molar-refractivity contribution in [1.82, 2.24) is 4.90 Å². The molecule has 0 radical (unpaired) electrons. The van der Waals surface area contributed by atoms with E-state index < -0.39 is 0 Å². The van der Waals surface area contributed by atoms with E-state index >= 15 is 0 Å². The molecule has 128 valence electrons. The van der Waals surface area contributed by atoms with Gasteiger partial charge in [-0.15, -0.1) is 0 Å². The van der Waals surface area contributed by atoms with E-state index in [0.29, 0.717) is 18.7 Å². The Balaban J connectivity index is 1.30. The van der Waals surface area contributed by atoms with Crippen LogP contribution in [0.4, 0.5) is 0 Å². The van der Waals surface area contributed by atoms with Crippen LogP contribution in [0, 0.1) is 17.8 Å². The van der Waals surface area contributed by atoms with Gasteiger partial charge in [0.05, 0.1) is 12.7 Å². The molecule has 6 atom stereocenters. The third-order valence-corrected chi connectivity index (χ3v) is 6.63. The summed E-state index contributed by atoms with van der Waals surface area (Å²) in [7, 11) is 0.